The zero-order valence-corrected chi connectivity index (χ0v) is 18.5. The van der Waals surface area contributed by atoms with Crippen molar-refractivity contribution < 1.29 is 14.4 Å². The van der Waals surface area contributed by atoms with Gasteiger partial charge in [0.05, 0.1) is 10.5 Å². The molecule has 0 saturated heterocycles. The van der Waals surface area contributed by atoms with Crippen LogP contribution in [0.15, 0.2) is 103 Å². The van der Waals surface area contributed by atoms with Crippen molar-refractivity contribution in [1.82, 2.24) is 0 Å². The van der Waals surface area contributed by atoms with E-state index in [4.69, 9.17) is 9.47 Å². The minimum atomic E-state index is -0.917. The molecule has 0 radical (unpaired) electrons. The summed E-state index contributed by atoms with van der Waals surface area (Å²) in [6, 6.07) is 33.1. The van der Waals surface area contributed by atoms with E-state index in [1.807, 2.05) is 55.5 Å². The molecule has 0 unspecified atom stereocenters. The highest BCUT2D eigenvalue weighted by molar-refractivity contribution is 5.67. The van der Waals surface area contributed by atoms with Crippen LogP contribution in [0.5, 0.6) is 5.75 Å². The molecule has 2 heterocycles. The second kappa shape index (κ2) is 7.71. The lowest BCUT2D eigenvalue weighted by atomic mass is 9.77. The van der Waals surface area contributed by atoms with Gasteiger partial charge in [0.25, 0.3) is 5.69 Å². The van der Waals surface area contributed by atoms with Crippen LogP contribution in [0.2, 0.25) is 0 Å². The van der Waals surface area contributed by atoms with Gasteiger partial charge in [0, 0.05) is 23.4 Å². The Bertz CT molecular complexity index is 1330. The molecule has 6 nitrogen and oxygen atoms in total. The lowest BCUT2D eigenvalue weighted by Crippen LogP contribution is -2.53. The number of non-ortho nitro benzene ring substituents is 1. The molecule has 2 aliphatic rings. The Morgan fingerprint density at radius 3 is 2.12 bits per heavy atom. The van der Waals surface area contributed by atoms with Crippen molar-refractivity contribution in [2.24, 2.45) is 0 Å². The van der Waals surface area contributed by atoms with Gasteiger partial charge in [-0.25, -0.2) is 0 Å². The molecule has 0 aliphatic carbocycles. The molecule has 168 valence electrons. The summed E-state index contributed by atoms with van der Waals surface area (Å²) in [5.41, 5.74) is 3.66. The molecule has 0 amide bonds. The van der Waals surface area contributed by atoms with Gasteiger partial charge >= 0.3 is 0 Å². The molecular weight excluding hydrogens is 428 g/mol. The highest BCUT2D eigenvalue weighted by Crippen LogP contribution is 2.55. The van der Waals surface area contributed by atoms with Crippen LogP contribution in [-0.4, -0.2) is 11.2 Å². The normalized spacial score (nSPS) is 19.9. The van der Waals surface area contributed by atoms with E-state index in [1.165, 1.54) is 6.07 Å². The van der Waals surface area contributed by atoms with Gasteiger partial charge in [-0.3, -0.25) is 10.1 Å². The highest BCUT2D eigenvalue weighted by Gasteiger charge is 2.51. The topological polar surface area (TPSA) is 64.8 Å². The van der Waals surface area contributed by atoms with E-state index in [1.54, 1.807) is 12.1 Å². The van der Waals surface area contributed by atoms with Gasteiger partial charge in [-0.05, 0) is 30.2 Å². The second-order valence-corrected chi connectivity index (χ2v) is 8.50. The summed E-state index contributed by atoms with van der Waals surface area (Å²) in [5.74, 6) is 0.591. The summed E-state index contributed by atoms with van der Waals surface area (Å²) in [5, 5.41) is 11.6. The number of rotatable bonds is 3. The number of hydrogen-bond acceptors (Lipinski definition) is 5. The number of para-hydroxylation sites is 1. The van der Waals surface area contributed by atoms with Crippen LogP contribution >= 0.6 is 0 Å². The van der Waals surface area contributed by atoms with Crippen LogP contribution in [0.1, 0.15) is 35.4 Å². The largest absolute Gasteiger partial charge is 0.470 e. The third-order valence-electron chi connectivity index (χ3n) is 6.62. The number of benzene rings is 4. The molecule has 0 fully saturated rings. The number of nitro benzene ring substituents is 1. The van der Waals surface area contributed by atoms with Crippen LogP contribution < -0.4 is 9.64 Å². The minimum absolute atomic E-state index is 0.00401. The van der Waals surface area contributed by atoms with Gasteiger partial charge in [-0.2, -0.15) is 0 Å². The van der Waals surface area contributed by atoms with Crippen molar-refractivity contribution in [1.29, 1.82) is 0 Å². The maximum Gasteiger partial charge on any atom is 0.270 e. The first-order chi connectivity index (χ1) is 16.6. The lowest BCUT2D eigenvalue weighted by molar-refractivity contribution is -0.385. The molecule has 2 aliphatic heterocycles. The van der Waals surface area contributed by atoms with Gasteiger partial charge < -0.3 is 14.4 Å². The molecule has 0 spiro atoms. The second-order valence-electron chi connectivity index (χ2n) is 8.50. The molecule has 34 heavy (non-hydrogen) atoms. The number of nitrogens with zero attached hydrogens (tertiary/aromatic N) is 2. The van der Waals surface area contributed by atoms with Crippen LogP contribution in [-0.2, 0) is 10.3 Å². The maximum absolute atomic E-state index is 11.6. The van der Waals surface area contributed by atoms with Gasteiger partial charge in [0.15, 0.2) is 12.5 Å². The predicted molar refractivity (Wildman–Crippen MR) is 129 cm³/mol. The molecular formula is C28H22N2O4. The molecule has 0 N–H and O–H groups in total. The summed E-state index contributed by atoms with van der Waals surface area (Å²) in [6.07, 6.45) is -0.918. The van der Waals surface area contributed by atoms with Crippen LogP contribution in [0.3, 0.4) is 0 Å². The molecule has 0 aromatic heterocycles. The highest BCUT2D eigenvalue weighted by atomic mass is 16.6. The van der Waals surface area contributed by atoms with Crippen molar-refractivity contribution in [3.8, 4) is 5.75 Å². The molecule has 0 saturated carbocycles. The standard InChI is InChI=1S/C28H22N2O4/c1-19-29-25-15-9-8-14-24(25)28(20-10-4-2-5-11-20,21-12-6-3-7-13-21)34-27(29)23-18-22(30(31)32)16-17-26(23)33-19/h2-19,27H,1H3/t19-,27-/m1/s1. The van der Waals surface area contributed by atoms with Crippen molar-refractivity contribution >= 4 is 11.4 Å². The van der Waals surface area contributed by atoms with E-state index in [-0.39, 0.29) is 16.8 Å². The van der Waals surface area contributed by atoms with Gasteiger partial charge in [0.2, 0.25) is 0 Å². The van der Waals surface area contributed by atoms with Crippen molar-refractivity contribution in [3.05, 3.63) is 135 Å². The van der Waals surface area contributed by atoms with Gasteiger partial charge in [0.1, 0.15) is 11.4 Å². The number of anilines is 1. The average Bonchev–Trinajstić information content (AvgIpc) is 2.88. The summed E-state index contributed by atoms with van der Waals surface area (Å²) in [6.45, 7) is 1.97. The zero-order valence-electron chi connectivity index (χ0n) is 18.5. The lowest BCUT2D eigenvalue weighted by Gasteiger charge is -2.52. The van der Waals surface area contributed by atoms with E-state index in [0.717, 1.165) is 22.4 Å². The summed E-state index contributed by atoms with van der Waals surface area (Å²) in [4.78, 5) is 13.3. The number of ether oxygens (including phenoxy) is 2. The van der Waals surface area contributed by atoms with Crippen LogP contribution in [0.25, 0.3) is 0 Å². The third-order valence-corrected chi connectivity index (χ3v) is 6.62. The quantitative estimate of drug-likeness (QED) is 0.276. The zero-order chi connectivity index (χ0) is 23.3. The Labute approximate surface area is 197 Å². The predicted octanol–water partition coefficient (Wildman–Crippen LogP) is 6.16. The summed E-state index contributed by atoms with van der Waals surface area (Å²) >= 11 is 0. The molecule has 6 rings (SSSR count). The Morgan fingerprint density at radius 1 is 0.853 bits per heavy atom. The van der Waals surface area contributed by atoms with Crippen LogP contribution in [0, 0.1) is 10.1 Å². The molecule has 0 bridgehead atoms. The average molecular weight is 450 g/mol. The van der Waals surface area contributed by atoms with E-state index in [0.29, 0.717) is 11.3 Å². The summed E-state index contributed by atoms with van der Waals surface area (Å²) in [7, 11) is 0. The Balaban J connectivity index is 1.67. The first kappa shape index (κ1) is 20.4. The molecule has 2 atom stereocenters. The Morgan fingerprint density at radius 2 is 1.47 bits per heavy atom. The fourth-order valence-electron chi connectivity index (χ4n) is 5.16. The van der Waals surface area contributed by atoms with E-state index >= 15 is 0 Å². The van der Waals surface area contributed by atoms with Crippen molar-refractivity contribution in [3.63, 3.8) is 0 Å². The van der Waals surface area contributed by atoms with Crippen LogP contribution in [0.4, 0.5) is 11.4 Å². The first-order valence-corrected chi connectivity index (χ1v) is 11.2. The molecule has 4 aromatic carbocycles. The van der Waals surface area contributed by atoms with Gasteiger partial charge in [-0.1, -0.05) is 78.9 Å². The fraction of sp³-hybridized carbons (Fsp3) is 0.143. The number of hydrogen-bond donors (Lipinski definition) is 0. The molecule has 4 aromatic rings. The fourth-order valence-corrected chi connectivity index (χ4v) is 5.16. The van der Waals surface area contributed by atoms with Gasteiger partial charge in [-0.15, -0.1) is 0 Å². The maximum atomic E-state index is 11.6. The van der Waals surface area contributed by atoms with Crippen molar-refractivity contribution in [2.75, 3.05) is 4.90 Å². The monoisotopic (exact) mass is 450 g/mol. The van der Waals surface area contributed by atoms with E-state index in [2.05, 4.69) is 41.3 Å². The number of nitro groups is 1. The first-order valence-electron chi connectivity index (χ1n) is 11.2. The Hall–Kier alpha value is -4.16. The molecule has 6 heteroatoms. The summed E-state index contributed by atoms with van der Waals surface area (Å²) < 4.78 is 13.3. The SMILES string of the molecule is C[C@H]1Oc2ccc([N+](=O)[O-])cc2[C@H]2OC(c3ccccc3)(c3ccccc3)c3ccccc3N21. The Kier molecular flexibility index (Phi) is 4.64. The number of fused-ring (bicyclic) bond motifs is 5. The van der Waals surface area contributed by atoms with Crippen molar-refractivity contribution in [2.45, 2.75) is 25.0 Å². The van der Waals surface area contributed by atoms with E-state index in [9.17, 15) is 10.1 Å². The smallest absolute Gasteiger partial charge is 0.270 e. The minimum Gasteiger partial charge on any atom is -0.470 e. The third kappa shape index (κ3) is 2.92. The van der Waals surface area contributed by atoms with E-state index < -0.39 is 11.8 Å².